The minimum absolute atomic E-state index is 0.00198. The van der Waals surface area contributed by atoms with Gasteiger partial charge < -0.3 is 29.6 Å². The lowest BCUT2D eigenvalue weighted by atomic mass is 9.77. The summed E-state index contributed by atoms with van der Waals surface area (Å²) in [6.45, 7) is 7.08. The van der Waals surface area contributed by atoms with Crippen molar-refractivity contribution >= 4 is 40.5 Å². The van der Waals surface area contributed by atoms with Crippen molar-refractivity contribution in [2.45, 2.75) is 38.7 Å². The Morgan fingerprint density at radius 2 is 1.78 bits per heavy atom. The molecule has 0 saturated carbocycles. The molecule has 0 atom stereocenters. The molecular formula is C23H31BN2O9S. The molecule has 0 aliphatic rings. The van der Waals surface area contributed by atoms with E-state index in [0.29, 0.717) is 6.29 Å². The van der Waals surface area contributed by atoms with Crippen molar-refractivity contribution < 1.29 is 42.3 Å². The second kappa shape index (κ2) is 12.7. The van der Waals surface area contributed by atoms with E-state index >= 15 is 0 Å². The minimum atomic E-state index is -3.79. The zero-order valence-electron chi connectivity index (χ0n) is 20.8. The van der Waals surface area contributed by atoms with Crippen molar-refractivity contribution in [2.24, 2.45) is 0 Å². The van der Waals surface area contributed by atoms with Gasteiger partial charge in [0.15, 0.2) is 18.1 Å². The second-order valence-corrected chi connectivity index (χ2v) is 9.81. The maximum absolute atomic E-state index is 13.0. The highest BCUT2D eigenvalue weighted by Gasteiger charge is 2.24. The molecule has 0 saturated heterocycles. The Hall–Kier alpha value is -3.13. The Balaban J connectivity index is 2.33. The Morgan fingerprint density at radius 1 is 1.11 bits per heavy atom. The van der Waals surface area contributed by atoms with Gasteiger partial charge in [0, 0.05) is 18.7 Å². The molecule has 13 heteroatoms. The molecule has 2 aromatic carbocycles. The predicted octanol–water partition coefficient (Wildman–Crippen LogP) is 1.02. The van der Waals surface area contributed by atoms with E-state index in [2.05, 4.69) is 5.32 Å². The van der Waals surface area contributed by atoms with Gasteiger partial charge in [-0.3, -0.25) is 9.59 Å². The average Bonchev–Trinajstić information content (AvgIpc) is 2.83. The van der Waals surface area contributed by atoms with E-state index in [-0.39, 0.29) is 58.1 Å². The lowest BCUT2D eigenvalue weighted by Crippen LogP contribution is -2.33. The Kier molecular flexibility index (Phi) is 10.3. The molecule has 0 aliphatic heterocycles. The van der Waals surface area contributed by atoms with Gasteiger partial charge in [-0.15, -0.1) is 0 Å². The van der Waals surface area contributed by atoms with Gasteiger partial charge in [0.2, 0.25) is 10.0 Å². The van der Waals surface area contributed by atoms with Crippen LogP contribution in [0.15, 0.2) is 35.2 Å². The first kappa shape index (κ1) is 29.1. The van der Waals surface area contributed by atoms with Gasteiger partial charge in [0.1, 0.15) is 12.0 Å². The number of ether oxygens (including phenoxy) is 3. The van der Waals surface area contributed by atoms with Gasteiger partial charge in [0.25, 0.3) is 5.91 Å². The van der Waals surface area contributed by atoms with Crippen LogP contribution in [0.1, 0.15) is 38.1 Å². The molecule has 0 unspecified atom stereocenters. The first-order valence-electron chi connectivity index (χ1n) is 11.2. The largest absolute Gasteiger partial charge is 0.493 e. The molecule has 2 aromatic rings. The monoisotopic (exact) mass is 522 g/mol. The smallest absolute Gasteiger partial charge is 0.489 e. The van der Waals surface area contributed by atoms with E-state index in [4.69, 9.17) is 14.2 Å². The van der Waals surface area contributed by atoms with E-state index < -0.39 is 29.7 Å². The first-order valence-corrected chi connectivity index (χ1v) is 12.7. The molecule has 11 nitrogen and oxygen atoms in total. The molecule has 0 spiro atoms. The maximum atomic E-state index is 13.0. The van der Waals surface area contributed by atoms with Gasteiger partial charge >= 0.3 is 7.12 Å². The highest BCUT2D eigenvalue weighted by molar-refractivity contribution is 7.89. The van der Waals surface area contributed by atoms with E-state index in [1.165, 1.54) is 41.7 Å². The number of anilines is 1. The van der Waals surface area contributed by atoms with Crippen LogP contribution in [0, 0.1) is 0 Å². The fourth-order valence-electron chi connectivity index (χ4n) is 3.36. The van der Waals surface area contributed by atoms with E-state index in [9.17, 15) is 28.1 Å². The predicted molar refractivity (Wildman–Crippen MR) is 135 cm³/mol. The summed E-state index contributed by atoms with van der Waals surface area (Å²) in [6.07, 6.45) is 0.189. The average molecular weight is 522 g/mol. The number of nitrogens with one attached hydrogen (secondary N) is 1. The molecule has 1 amide bonds. The van der Waals surface area contributed by atoms with E-state index in [1.54, 1.807) is 27.7 Å². The van der Waals surface area contributed by atoms with Crippen molar-refractivity contribution in [1.29, 1.82) is 0 Å². The lowest BCUT2D eigenvalue weighted by molar-refractivity contribution is -0.118. The molecular weight excluding hydrogens is 491 g/mol. The van der Waals surface area contributed by atoms with Crippen LogP contribution in [0.5, 0.6) is 17.2 Å². The number of hydrogen-bond donors (Lipinski definition) is 3. The highest BCUT2D eigenvalue weighted by atomic mass is 32.2. The van der Waals surface area contributed by atoms with Gasteiger partial charge in [-0.1, -0.05) is 13.8 Å². The molecule has 36 heavy (non-hydrogen) atoms. The summed E-state index contributed by atoms with van der Waals surface area (Å²) in [5.41, 5.74) is 0.00348. The third-order valence-electron chi connectivity index (χ3n) is 5.06. The normalized spacial score (nSPS) is 11.4. The number of nitrogens with zero attached hydrogens (tertiary/aromatic N) is 1. The zero-order chi connectivity index (χ0) is 27.0. The van der Waals surface area contributed by atoms with Crippen LogP contribution in [0.4, 0.5) is 5.69 Å². The number of hydrogen-bond acceptors (Lipinski definition) is 9. The van der Waals surface area contributed by atoms with Gasteiger partial charge in [0.05, 0.1) is 23.8 Å². The van der Waals surface area contributed by atoms with Crippen LogP contribution < -0.4 is 25.0 Å². The molecule has 2 rings (SSSR count). The lowest BCUT2D eigenvalue weighted by Gasteiger charge is -2.21. The molecule has 0 radical (unpaired) electrons. The summed E-state index contributed by atoms with van der Waals surface area (Å²) < 4.78 is 43.6. The van der Waals surface area contributed by atoms with Crippen molar-refractivity contribution in [3.8, 4) is 17.2 Å². The number of amides is 1. The summed E-state index contributed by atoms with van der Waals surface area (Å²) >= 11 is 0. The van der Waals surface area contributed by atoms with Crippen LogP contribution >= 0.6 is 0 Å². The summed E-state index contributed by atoms with van der Waals surface area (Å²) in [5.74, 6) is -0.271. The van der Waals surface area contributed by atoms with Gasteiger partial charge in [-0.05, 0) is 49.6 Å². The van der Waals surface area contributed by atoms with Crippen LogP contribution in [-0.2, 0) is 14.8 Å². The Morgan fingerprint density at radius 3 is 2.31 bits per heavy atom. The van der Waals surface area contributed by atoms with Crippen LogP contribution in [0.3, 0.4) is 0 Å². The van der Waals surface area contributed by atoms with Crippen molar-refractivity contribution in [3.05, 3.63) is 35.9 Å². The maximum Gasteiger partial charge on any atom is 0.489 e. The van der Waals surface area contributed by atoms with Crippen molar-refractivity contribution in [1.82, 2.24) is 4.31 Å². The fraction of sp³-hybridized carbons (Fsp3) is 0.391. The number of aldehydes is 1. The molecule has 3 N–H and O–H groups in total. The molecule has 196 valence electrons. The standard InChI is InChI=1S/C23H31BN2O9S/c1-6-26(7-2)36(31,32)17-8-9-20(35-15(3)4)19(11-17)25-23(28)14-34-22-12-18(24(29)30)16(13-27)10-21(22)33-5/h8-13,15,29-30H,6-7,14H2,1-5H3,(H,25,28). The summed E-state index contributed by atoms with van der Waals surface area (Å²) in [6, 6.07) is 6.65. The second-order valence-electron chi connectivity index (χ2n) is 7.87. The molecule has 0 aliphatic carbocycles. The highest BCUT2D eigenvalue weighted by Crippen LogP contribution is 2.31. The third-order valence-corrected chi connectivity index (χ3v) is 7.11. The first-order chi connectivity index (χ1) is 17.0. The van der Waals surface area contributed by atoms with E-state index in [1.807, 2.05) is 0 Å². The topological polar surface area (TPSA) is 152 Å². The van der Waals surface area contributed by atoms with Gasteiger partial charge in [-0.25, -0.2) is 8.42 Å². The summed E-state index contributed by atoms with van der Waals surface area (Å²) in [7, 11) is -4.41. The van der Waals surface area contributed by atoms with Crippen LogP contribution in [-0.4, -0.2) is 75.0 Å². The SMILES string of the molecule is CCN(CC)S(=O)(=O)c1ccc(OC(C)C)c(NC(=O)COc2cc(B(O)O)c(C=O)cc2OC)c1. The Labute approximate surface area is 211 Å². The molecule has 0 bridgehead atoms. The van der Waals surface area contributed by atoms with Crippen LogP contribution in [0.25, 0.3) is 0 Å². The molecule has 0 fully saturated rings. The number of carbonyl (C=O) groups is 2. The summed E-state index contributed by atoms with van der Waals surface area (Å²) in [4.78, 5) is 23.9. The van der Waals surface area contributed by atoms with Gasteiger partial charge in [-0.2, -0.15) is 4.31 Å². The number of benzene rings is 2. The van der Waals surface area contributed by atoms with Crippen LogP contribution in [0.2, 0.25) is 0 Å². The van der Waals surface area contributed by atoms with Crippen molar-refractivity contribution in [2.75, 3.05) is 32.1 Å². The quantitative estimate of drug-likeness (QED) is 0.259. The fourth-order valence-corrected chi connectivity index (χ4v) is 4.84. The minimum Gasteiger partial charge on any atom is -0.493 e. The number of sulfonamides is 1. The zero-order valence-corrected chi connectivity index (χ0v) is 21.7. The number of methoxy groups -OCH3 is 1. The van der Waals surface area contributed by atoms with Crippen molar-refractivity contribution in [3.63, 3.8) is 0 Å². The van der Waals surface area contributed by atoms with E-state index in [0.717, 1.165) is 0 Å². The molecule has 0 heterocycles. The third kappa shape index (κ3) is 6.97. The number of rotatable bonds is 13. The number of carbonyl (C=O) groups excluding carboxylic acids is 2. The summed E-state index contributed by atoms with van der Waals surface area (Å²) in [5, 5.41) is 21.6. The Bertz CT molecular complexity index is 1180. The molecule has 0 aromatic heterocycles.